The molecule has 2 fully saturated rings. The van der Waals surface area contributed by atoms with Crippen LogP contribution in [0.15, 0.2) is 16.7 Å². The Bertz CT molecular complexity index is 1320. The van der Waals surface area contributed by atoms with Gasteiger partial charge in [0.05, 0.1) is 11.9 Å². The van der Waals surface area contributed by atoms with Gasteiger partial charge in [0.15, 0.2) is 11.6 Å². The summed E-state index contributed by atoms with van der Waals surface area (Å²) in [5.41, 5.74) is 0.650. The second-order valence-electron chi connectivity index (χ2n) is 9.85. The van der Waals surface area contributed by atoms with Gasteiger partial charge in [-0.15, -0.1) is 0 Å². The highest BCUT2D eigenvalue weighted by atomic mass is 32.2. The SMILES string of the molecule is CC(C)c1nn(-c2noc(C3CCN(C4CCN(S(C)(=O)=O)CC4)CC3)n2)c2c(F)c(F)ccc12. The van der Waals surface area contributed by atoms with Crippen molar-refractivity contribution in [3.05, 3.63) is 35.4 Å². The van der Waals surface area contributed by atoms with E-state index in [1.54, 1.807) is 4.31 Å². The number of rotatable bonds is 5. The summed E-state index contributed by atoms with van der Waals surface area (Å²) in [4.78, 5) is 6.93. The lowest BCUT2D eigenvalue weighted by Crippen LogP contribution is -2.48. The van der Waals surface area contributed by atoms with Crippen molar-refractivity contribution in [2.75, 3.05) is 32.4 Å². The normalized spacial score (nSPS) is 19.8. The van der Waals surface area contributed by atoms with Gasteiger partial charge in [0.25, 0.3) is 5.95 Å². The molecule has 0 saturated carbocycles. The van der Waals surface area contributed by atoms with Gasteiger partial charge in [-0.3, -0.25) is 0 Å². The van der Waals surface area contributed by atoms with Crippen LogP contribution < -0.4 is 0 Å². The van der Waals surface area contributed by atoms with Crippen molar-refractivity contribution >= 4 is 20.9 Å². The summed E-state index contributed by atoms with van der Waals surface area (Å²) in [6, 6.07) is 3.01. The van der Waals surface area contributed by atoms with Crippen molar-refractivity contribution < 1.29 is 21.7 Å². The molecule has 0 atom stereocenters. The maximum Gasteiger partial charge on any atom is 0.291 e. The Labute approximate surface area is 203 Å². The number of piperidine rings is 2. The summed E-state index contributed by atoms with van der Waals surface area (Å²) in [6.45, 7) is 6.71. The van der Waals surface area contributed by atoms with Gasteiger partial charge in [-0.1, -0.05) is 13.8 Å². The lowest BCUT2D eigenvalue weighted by Gasteiger charge is -2.40. The molecule has 0 amide bonds. The number of halogens is 2. The maximum absolute atomic E-state index is 14.7. The minimum Gasteiger partial charge on any atom is -0.337 e. The fraction of sp³-hybridized carbons (Fsp3) is 0.609. The number of aromatic nitrogens is 4. The van der Waals surface area contributed by atoms with Crippen LogP contribution in [0.1, 0.15) is 63.0 Å². The molecule has 3 aromatic rings. The average Bonchev–Trinajstić information content (AvgIpc) is 3.47. The Balaban J connectivity index is 1.29. The van der Waals surface area contributed by atoms with Crippen LogP contribution in [0.4, 0.5) is 8.78 Å². The largest absolute Gasteiger partial charge is 0.337 e. The van der Waals surface area contributed by atoms with Crippen LogP contribution in [0.3, 0.4) is 0 Å². The number of fused-ring (bicyclic) bond motifs is 1. The molecule has 5 rings (SSSR count). The predicted molar refractivity (Wildman–Crippen MR) is 126 cm³/mol. The molecule has 0 radical (unpaired) electrons. The summed E-state index contributed by atoms with van der Waals surface area (Å²) < 4.78 is 60.6. The van der Waals surface area contributed by atoms with Crippen molar-refractivity contribution in [1.82, 2.24) is 29.1 Å². The number of nitrogens with zero attached hydrogens (tertiary/aromatic N) is 6. The highest BCUT2D eigenvalue weighted by Gasteiger charge is 2.33. The number of likely N-dealkylation sites (tertiary alicyclic amines) is 1. The summed E-state index contributed by atoms with van der Waals surface area (Å²) in [6.07, 6.45) is 4.57. The van der Waals surface area contributed by atoms with Crippen LogP contribution in [-0.2, 0) is 10.0 Å². The molecule has 1 aromatic carbocycles. The maximum atomic E-state index is 14.7. The first-order chi connectivity index (χ1) is 16.6. The van der Waals surface area contributed by atoms with Crippen LogP contribution in [0.5, 0.6) is 0 Å². The van der Waals surface area contributed by atoms with E-state index < -0.39 is 21.7 Å². The van der Waals surface area contributed by atoms with Gasteiger partial charge >= 0.3 is 0 Å². The van der Waals surface area contributed by atoms with Crippen LogP contribution >= 0.6 is 0 Å². The van der Waals surface area contributed by atoms with Gasteiger partial charge in [-0.2, -0.15) is 14.8 Å². The molecule has 0 N–H and O–H groups in total. The molecule has 0 unspecified atom stereocenters. The Hall–Kier alpha value is -2.44. The zero-order chi connectivity index (χ0) is 24.9. The molecule has 0 aliphatic carbocycles. The van der Waals surface area contributed by atoms with E-state index in [9.17, 15) is 17.2 Å². The third-order valence-electron chi connectivity index (χ3n) is 7.22. The standard InChI is InChI=1S/C23H30F2N6O3S/c1-14(2)20-17-4-5-18(24)19(25)21(17)31(27-20)23-26-22(34-28-23)15-6-10-29(11-7-15)16-8-12-30(13-9-16)35(3,32)33/h4-5,14-16H,6-13H2,1-3H3. The monoisotopic (exact) mass is 508 g/mol. The number of sulfonamides is 1. The lowest BCUT2D eigenvalue weighted by atomic mass is 9.93. The highest BCUT2D eigenvalue weighted by Crippen LogP contribution is 2.32. The molecular weight excluding hydrogens is 478 g/mol. The second kappa shape index (κ2) is 9.21. The second-order valence-corrected chi connectivity index (χ2v) is 11.8. The molecule has 2 aliphatic heterocycles. The predicted octanol–water partition coefficient (Wildman–Crippen LogP) is 3.41. The first-order valence-electron chi connectivity index (χ1n) is 12.0. The highest BCUT2D eigenvalue weighted by molar-refractivity contribution is 7.88. The third kappa shape index (κ3) is 4.58. The number of hydrogen-bond acceptors (Lipinski definition) is 7. The van der Waals surface area contributed by atoms with Gasteiger partial charge in [0.2, 0.25) is 15.9 Å². The molecule has 190 valence electrons. The van der Waals surface area contributed by atoms with E-state index >= 15 is 0 Å². The fourth-order valence-electron chi connectivity index (χ4n) is 5.27. The minimum absolute atomic E-state index is 0.00334. The Morgan fingerprint density at radius 2 is 1.74 bits per heavy atom. The van der Waals surface area contributed by atoms with Crippen molar-refractivity contribution in [2.24, 2.45) is 0 Å². The van der Waals surface area contributed by atoms with E-state index in [2.05, 4.69) is 20.1 Å². The molecular formula is C23H30F2N6O3S. The molecule has 9 nitrogen and oxygen atoms in total. The number of hydrogen-bond donors (Lipinski definition) is 0. The molecule has 2 saturated heterocycles. The summed E-state index contributed by atoms with van der Waals surface area (Å²) in [5.74, 6) is -1.30. The zero-order valence-electron chi connectivity index (χ0n) is 20.1. The van der Waals surface area contributed by atoms with Crippen molar-refractivity contribution in [3.8, 4) is 5.95 Å². The molecule has 2 aliphatic rings. The third-order valence-corrected chi connectivity index (χ3v) is 8.52. The van der Waals surface area contributed by atoms with E-state index in [1.807, 2.05) is 13.8 Å². The quantitative estimate of drug-likeness (QED) is 0.521. The van der Waals surface area contributed by atoms with Crippen LogP contribution in [0.25, 0.3) is 16.9 Å². The first kappa shape index (κ1) is 24.3. The first-order valence-corrected chi connectivity index (χ1v) is 13.9. The Morgan fingerprint density at radius 1 is 1.06 bits per heavy atom. The smallest absolute Gasteiger partial charge is 0.291 e. The van der Waals surface area contributed by atoms with E-state index in [-0.39, 0.29) is 23.3 Å². The van der Waals surface area contributed by atoms with Crippen LogP contribution in [0, 0.1) is 11.6 Å². The van der Waals surface area contributed by atoms with Crippen molar-refractivity contribution in [3.63, 3.8) is 0 Å². The van der Waals surface area contributed by atoms with E-state index in [0.717, 1.165) is 44.8 Å². The van der Waals surface area contributed by atoms with E-state index in [0.29, 0.717) is 36.1 Å². The Kier molecular flexibility index (Phi) is 6.39. The molecule has 0 bridgehead atoms. The average molecular weight is 509 g/mol. The van der Waals surface area contributed by atoms with E-state index in [4.69, 9.17) is 4.52 Å². The van der Waals surface area contributed by atoms with Crippen LogP contribution in [-0.4, -0.2) is 76.0 Å². The molecule has 2 aromatic heterocycles. The van der Waals surface area contributed by atoms with Gasteiger partial charge in [-0.25, -0.2) is 21.5 Å². The zero-order valence-corrected chi connectivity index (χ0v) is 20.9. The van der Waals surface area contributed by atoms with Gasteiger partial charge in [0.1, 0.15) is 5.52 Å². The topological polar surface area (TPSA) is 97.4 Å². The summed E-state index contributed by atoms with van der Waals surface area (Å²) in [7, 11) is -3.13. The fourth-order valence-corrected chi connectivity index (χ4v) is 6.14. The van der Waals surface area contributed by atoms with Crippen molar-refractivity contribution in [2.45, 2.75) is 57.4 Å². The molecule has 0 spiro atoms. The van der Waals surface area contributed by atoms with Crippen LogP contribution in [0.2, 0.25) is 0 Å². The number of benzene rings is 1. The van der Waals surface area contributed by atoms with Gasteiger partial charge in [-0.05, 0) is 62.0 Å². The molecule has 4 heterocycles. The molecule has 35 heavy (non-hydrogen) atoms. The van der Waals surface area contributed by atoms with E-state index in [1.165, 1.54) is 17.0 Å². The van der Waals surface area contributed by atoms with Gasteiger partial charge < -0.3 is 9.42 Å². The molecule has 12 heteroatoms. The summed E-state index contributed by atoms with van der Waals surface area (Å²) >= 11 is 0. The van der Waals surface area contributed by atoms with Crippen molar-refractivity contribution in [1.29, 1.82) is 0 Å². The van der Waals surface area contributed by atoms with Gasteiger partial charge in [0, 0.05) is 30.4 Å². The Morgan fingerprint density at radius 3 is 2.37 bits per heavy atom. The lowest BCUT2D eigenvalue weighted by molar-refractivity contribution is 0.105. The minimum atomic E-state index is -3.13. The summed E-state index contributed by atoms with van der Waals surface area (Å²) in [5, 5.41) is 9.06.